The molecule has 0 amide bonds. The fraction of sp³-hybridized carbons (Fsp3) is 0.500. The molecule has 1 heterocycles. The van der Waals surface area contributed by atoms with E-state index in [4.69, 9.17) is 7.85 Å². The number of rotatable bonds is 2. The lowest BCUT2D eigenvalue weighted by atomic mass is 9.91. The summed E-state index contributed by atoms with van der Waals surface area (Å²) in [4.78, 5) is 17.5. The van der Waals surface area contributed by atoms with Gasteiger partial charge in [0.2, 0.25) is 5.95 Å². The van der Waals surface area contributed by atoms with Gasteiger partial charge in [-0.2, -0.15) is 0 Å². The van der Waals surface area contributed by atoms with E-state index in [0.29, 0.717) is 22.3 Å². The van der Waals surface area contributed by atoms with Crippen molar-refractivity contribution in [2.24, 2.45) is 0 Å². The van der Waals surface area contributed by atoms with Gasteiger partial charge in [0.05, 0.1) is 10.9 Å². The summed E-state index contributed by atoms with van der Waals surface area (Å²) in [5, 5.41) is 3.95. The summed E-state index contributed by atoms with van der Waals surface area (Å²) in [6.45, 7) is 6.18. The van der Waals surface area contributed by atoms with Crippen molar-refractivity contribution in [3.05, 3.63) is 28.6 Å². The number of fused-ring (bicyclic) bond motifs is 1. The molecule has 3 rings (SSSR count). The molecule has 21 heavy (non-hydrogen) atoms. The Morgan fingerprint density at radius 3 is 2.62 bits per heavy atom. The van der Waals surface area contributed by atoms with Crippen LogP contribution in [0.4, 0.5) is 5.95 Å². The Kier molecular flexibility index (Phi) is 3.31. The Morgan fingerprint density at radius 1 is 1.33 bits per heavy atom. The molecular weight excluding hydrogens is 261 g/mol. The SMILES string of the molecule is [B]c1cccc2c(=O)n(C3CCC3)c(NC(C)(C)C)nc12. The maximum absolute atomic E-state index is 12.8. The second kappa shape index (κ2) is 4.90. The van der Waals surface area contributed by atoms with E-state index in [9.17, 15) is 4.79 Å². The van der Waals surface area contributed by atoms with Crippen molar-refractivity contribution < 1.29 is 0 Å². The highest BCUT2D eigenvalue weighted by Crippen LogP contribution is 2.33. The Morgan fingerprint density at radius 2 is 2.05 bits per heavy atom. The van der Waals surface area contributed by atoms with Gasteiger partial charge >= 0.3 is 0 Å². The van der Waals surface area contributed by atoms with Gasteiger partial charge in [-0.25, -0.2) is 4.98 Å². The largest absolute Gasteiger partial charge is 0.351 e. The summed E-state index contributed by atoms with van der Waals surface area (Å²) in [6.07, 6.45) is 3.24. The summed E-state index contributed by atoms with van der Waals surface area (Å²) in [5.41, 5.74) is 0.971. The summed E-state index contributed by atoms with van der Waals surface area (Å²) in [5.74, 6) is 0.627. The molecule has 1 aliphatic carbocycles. The normalized spacial score (nSPS) is 16.0. The van der Waals surface area contributed by atoms with Crippen molar-refractivity contribution in [2.45, 2.75) is 51.6 Å². The number of para-hydroxylation sites is 1. The van der Waals surface area contributed by atoms with Crippen LogP contribution >= 0.6 is 0 Å². The standard InChI is InChI=1S/C16H20BN3O/c1-16(2,3)19-15-18-13-11(8-5-9-12(13)17)14(21)20(15)10-6-4-7-10/h5,8-10H,4,6-7H2,1-3H3,(H,18,19). The number of hydrogen-bond acceptors (Lipinski definition) is 3. The smallest absolute Gasteiger partial charge is 0.263 e. The van der Waals surface area contributed by atoms with Crippen LogP contribution in [0.5, 0.6) is 0 Å². The molecule has 1 N–H and O–H groups in total. The monoisotopic (exact) mass is 281 g/mol. The van der Waals surface area contributed by atoms with Crippen molar-refractivity contribution in [2.75, 3.05) is 5.32 Å². The molecule has 1 aromatic carbocycles. The molecule has 2 radical (unpaired) electrons. The van der Waals surface area contributed by atoms with Crippen LogP contribution in [0.25, 0.3) is 10.9 Å². The number of nitrogens with one attached hydrogen (secondary N) is 1. The van der Waals surface area contributed by atoms with Gasteiger partial charge in [0.25, 0.3) is 5.56 Å². The van der Waals surface area contributed by atoms with Crippen molar-refractivity contribution >= 4 is 30.2 Å². The maximum Gasteiger partial charge on any atom is 0.263 e. The van der Waals surface area contributed by atoms with Gasteiger partial charge < -0.3 is 5.32 Å². The fourth-order valence-electron chi connectivity index (χ4n) is 2.65. The number of benzene rings is 1. The lowest BCUT2D eigenvalue weighted by molar-refractivity contribution is 0.307. The van der Waals surface area contributed by atoms with Gasteiger partial charge in [-0.3, -0.25) is 9.36 Å². The van der Waals surface area contributed by atoms with Crippen LogP contribution in [0.15, 0.2) is 23.0 Å². The van der Waals surface area contributed by atoms with E-state index in [-0.39, 0.29) is 17.1 Å². The van der Waals surface area contributed by atoms with Crippen LogP contribution in [0.3, 0.4) is 0 Å². The molecule has 1 saturated carbocycles. The van der Waals surface area contributed by atoms with Gasteiger partial charge in [0, 0.05) is 11.6 Å². The number of anilines is 1. The number of aromatic nitrogens is 2. The van der Waals surface area contributed by atoms with Crippen LogP contribution in [-0.4, -0.2) is 22.9 Å². The first kappa shape index (κ1) is 14.2. The molecule has 0 spiro atoms. The van der Waals surface area contributed by atoms with Gasteiger partial charge in [-0.15, -0.1) is 0 Å². The van der Waals surface area contributed by atoms with Gasteiger partial charge in [-0.1, -0.05) is 17.6 Å². The predicted molar refractivity (Wildman–Crippen MR) is 87.7 cm³/mol. The average molecular weight is 281 g/mol. The highest BCUT2D eigenvalue weighted by molar-refractivity contribution is 6.38. The molecular formula is C16H20BN3O. The predicted octanol–water partition coefficient (Wildman–Crippen LogP) is 2.13. The van der Waals surface area contributed by atoms with Crippen LogP contribution in [0, 0.1) is 0 Å². The molecule has 0 unspecified atom stereocenters. The van der Waals surface area contributed by atoms with Gasteiger partial charge in [0.1, 0.15) is 7.85 Å². The number of nitrogens with zero attached hydrogens (tertiary/aromatic N) is 2. The zero-order valence-corrected chi connectivity index (χ0v) is 12.8. The first-order valence-electron chi connectivity index (χ1n) is 7.46. The van der Waals surface area contributed by atoms with E-state index < -0.39 is 0 Å². The molecule has 1 aliphatic rings. The fourth-order valence-corrected chi connectivity index (χ4v) is 2.65. The molecule has 1 fully saturated rings. The number of hydrogen-bond donors (Lipinski definition) is 1. The summed E-state index contributed by atoms with van der Waals surface area (Å²) in [7, 11) is 5.99. The Bertz CT molecular complexity index is 741. The first-order valence-corrected chi connectivity index (χ1v) is 7.46. The van der Waals surface area contributed by atoms with E-state index in [2.05, 4.69) is 31.1 Å². The second-order valence-corrected chi connectivity index (χ2v) is 6.81. The highest BCUT2D eigenvalue weighted by atomic mass is 16.1. The third-order valence-corrected chi connectivity index (χ3v) is 3.89. The van der Waals surface area contributed by atoms with E-state index in [0.717, 1.165) is 12.8 Å². The van der Waals surface area contributed by atoms with Crippen LogP contribution in [0.1, 0.15) is 46.1 Å². The van der Waals surface area contributed by atoms with Crippen LogP contribution in [-0.2, 0) is 0 Å². The molecule has 0 bridgehead atoms. The molecule has 108 valence electrons. The zero-order valence-electron chi connectivity index (χ0n) is 12.8. The molecule has 4 nitrogen and oxygen atoms in total. The lowest BCUT2D eigenvalue weighted by Gasteiger charge is -2.32. The lowest BCUT2D eigenvalue weighted by Crippen LogP contribution is -2.37. The Balaban J connectivity index is 2.27. The summed E-state index contributed by atoms with van der Waals surface area (Å²) < 4.78 is 1.82. The Labute approximate surface area is 126 Å². The summed E-state index contributed by atoms with van der Waals surface area (Å²) in [6, 6.07) is 5.64. The van der Waals surface area contributed by atoms with E-state index in [1.807, 2.05) is 10.6 Å². The molecule has 0 saturated heterocycles. The van der Waals surface area contributed by atoms with E-state index in [1.54, 1.807) is 12.1 Å². The quantitative estimate of drug-likeness (QED) is 0.858. The van der Waals surface area contributed by atoms with E-state index in [1.165, 1.54) is 6.42 Å². The maximum atomic E-state index is 12.8. The second-order valence-electron chi connectivity index (χ2n) is 6.81. The summed E-state index contributed by atoms with van der Waals surface area (Å²) >= 11 is 0. The molecule has 0 aliphatic heterocycles. The molecule has 1 aromatic heterocycles. The highest BCUT2D eigenvalue weighted by Gasteiger charge is 2.26. The van der Waals surface area contributed by atoms with Crippen molar-refractivity contribution in [1.29, 1.82) is 0 Å². The van der Waals surface area contributed by atoms with Crippen LogP contribution in [0.2, 0.25) is 0 Å². The third kappa shape index (κ3) is 2.57. The van der Waals surface area contributed by atoms with Gasteiger partial charge in [0.15, 0.2) is 0 Å². The first-order chi connectivity index (χ1) is 9.87. The molecule has 5 heteroatoms. The minimum Gasteiger partial charge on any atom is -0.351 e. The minimum atomic E-state index is -0.165. The topological polar surface area (TPSA) is 46.9 Å². The van der Waals surface area contributed by atoms with E-state index >= 15 is 0 Å². The van der Waals surface area contributed by atoms with Crippen molar-refractivity contribution in [3.63, 3.8) is 0 Å². The minimum absolute atomic E-state index is 0.00347. The molecule has 0 atom stereocenters. The van der Waals surface area contributed by atoms with Gasteiger partial charge in [-0.05, 0) is 46.1 Å². The third-order valence-electron chi connectivity index (χ3n) is 3.89. The average Bonchev–Trinajstić information content (AvgIpc) is 2.31. The van der Waals surface area contributed by atoms with Crippen molar-refractivity contribution in [1.82, 2.24) is 9.55 Å². The molecule has 2 aromatic rings. The van der Waals surface area contributed by atoms with Crippen LogP contribution < -0.4 is 16.3 Å². The van der Waals surface area contributed by atoms with Crippen molar-refractivity contribution in [3.8, 4) is 0 Å². The Hall–Kier alpha value is -1.78. The zero-order chi connectivity index (χ0) is 15.2.